The number of hydrogen-bond donors (Lipinski definition) is 0. The Kier molecular flexibility index (Phi) is 3.41. The van der Waals surface area contributed by atoms with E-state index in [9.17, 15) is 4.79 Å². The Morgan fingerprint density at radius 1 is 1.33 bits per heavy atom. The summed E-state index contributed by atoms with van der Waals surface area (Å²) in [7, 11) is 0. The van der Waals surface area contributed by atoms with Gasteiger partial charge in [-0.25, -0.2) is 0 Å². The summed E-state index contributed by atoms with van der Waals surface area (Å²) in [6.45, 7) is 0. The van der Waals surface area contributed by atoms with E-state index in [2.05, 4.69) is 15.9 Å². The summed E-state index contributed by atoms with van der Waals surface area (Å²) in [6, 6.07) is 3.20. The topological polar surface area (TPSA) is 17.1 Å². The predicted octanol–water partition coefficient (Wildman–Crippen LogP) is 4.13. The van der Waals surface area contributed by atoms with Gasteiger partial charge in [-0.1, -0.05) is 23.2 Å². The zero-order valence-electron chi connectivity index (χ0n) is 5.57. The van der Waals surface area contributed by atoms with Crippen molar-refractivity contribution in [1.82, 2.24) is 0 Å². The third kappa shape index (κ3) is 1.94. The minimum atomic E-state index is -0.630. The van der Waals surface area contributed by atoms with Crippen molar-refractivity contribution in [2.45, 2.75) is 0 Å². The SMILES string of the molecule is O=C(Cl)c1c(Br)ccc(Cl)c1Cl. The molecule has 0 aromatic heterocycles. The molecule has 5 heteroatoms. The van der Waals surface area contributed by atoms with Crippen LogP contribution in [0.2, 0.25) is 10.0 Å². The van der Waals surface area contributed by atoms with Crippen LogP contribution in [0.5, 0.6) is 0 Å². The molecule has 1 rings (SSSR count). The van der Waals surface area contributed by atoms with Crippen LogP contribution in [0.1, 0.15) is 10.4 Å². The van der Waals surface area contributed by atoms with E-state index in [1.54, 1.807) is 12.1 Å². The van der Waals surface area contributed by atoms with Gasteiger partial charge < -0.3 is 0 Å². The number of carbonyl (C=O) groups excluding carboxylic acids is 1. The van der Waals surface area contributed by atoms with Crippen molar-refractivity contribution in [3.63, 3.8) is 0 Å². The second kappa shape index (κ2) is 3.97. The summed E-state index contributed by atoms with van der Waals surface area (Å²) >= 11 is 19.8. The van der Waals surface area contributed by atoms with Gasteiger partial charge in [0.05, 0.1) is 15.6 Å². The van der Waals surface area contributed by atoms with Gasteiger partial charge in [0, 0.05) is 4.47 Å². The van der Waals surface area contributed by atoms with Gasteiger partial charge in [-0.2, -0.15) is 0 Å². The fourth-order valence-electron chi connectivity index (χ4n) is 0.707. The molecule has 0 radical (unpaired) electrons. The highest BCUT2D eigenvalue weighted by Gasteiger charge is 2.14. The third-order valence-electron chi connectivity index (χ3n) is 1.24. The molecule has 0 aliphatic carbocycles. The monoisotopic (exact) mass is 286 g/mol. The van der Waals surface area contributed by atoms with Crippen LogP contribution in [0.4, 0.5) is 0 Å². The average Bonchev–Trinajstić information content (AvgIpc) is 1.97. The number of benzene rings is 1. The van der Waals surface area contributed by atoms with Crippen LogP contribution in [-0.2, 0) is 0 Å². The van der Waals surface area contributed by atoms with Gasteiger partial charge in [-0.15, -0.1) is 0 Å². The van der Waals surface area contributed by atoms with Crippen LogP contribution >= 0.6 is 50.7 Å². The van der Waals surface area contributed by atoms with Gasteiger partial charge in [-0.05, 0) is 39.7 Å². The van der Waals surface area contributed by atoms with Crippen molar-refractivity contribution >= 4 is 56.0 Å². The molecule has 0 atom stereocenters. The summed E-state index contributed by atoms with van der Waals surface area (Å²) in [6.07, 6.45) is 0. The van der Waals surface area contributed by atoms with Gasteiger partial charge in [-0.3, -0.25) is 4.79 Å². The Balaban J connectivity index is 3.43. The zero-order chi connectivity index (χ0) is 9.30. The highest BCUT2D eigenvalue weighted by Crippen LogP contribution is 2.32. The van der Waals surface area contributed by atoms with E-state index in [0.717, 1.165) is 0 Å². The lowest BCUT2D eigenvalue weighted by atomic mass is 10.2. The van der Waals surface area contributed by atoms with Crippen LogP contribution in [0.15, 0.2) is 16.6 Å². The van der Waals surface area contributed by atoms with Gasteiger partial charge >= 0.3 is 0 Å². The van der Waals surface area contributed by atoms with Crippen LogP contribution in [0, 0.1) is 0 Å². The smallest absolute Gasteiger partial charge is 0.255 e. The molecule has 12 heavy (non-hydrogen) atoms. The van der Waals surface area contributed by atoms with E-state index in [1.165, 1.54) is 0 Å². The molecule has 0 N–H and O–H groups in total. The van der Waals surface area contributed by atoms with Crippen LogP contribution in [0.25, 0.3) is 0 Å². The molecule has 0 heterocycles. The molecular weight excluding hydrogens is 286 g/mol. The molecule has 64 valence electrons. The quantitative estimate of drug-likeness (QED) is 0.561. The van der Waals surface area contributed by atoms with Crippen molar-refractivity contribution < 1.29 is 4.79 Å². The Morgan fingerprint density at radius 3 is 2.33 bits per heavy atom. The number of halogens is 4. The van der Waals surface area contributed by atoms with Gasteiger partial charge in [0.25, 0.3) is 5.24 Å². The van der Waals surface area contributed by atoms with Gasteiger partial charge in [0.2, 0.25) is 0 Å². The maximum atomic E-state index is 10.8. The summed E-state index contributed by atoms with van der Waals surface area (Å²) < 4.78 is 0.539. The first kappa shape index (κ1) is 10.3. The largest absolute Gasteiger partial charge is 0.276 e. The number of rotatable bonds is 1. The molecule has 0 fully saturated rings. The molecule has 0 amide bonds. The first-order valence-corrected chi connectivity index (χ1v) is 4.80. The van der Waals surface area contributed by atoms with Crippen molar-refractivity contribution in [2.75, 3.05) is 0 Å². The lowest BCUT2D eigenvalue weighted by Gasteiger charge is -2.02. The average molecular weight is 288 g/mol. The molecule has 0 saturated heterocycles. The molecule has 0 spiro atoms. The number of hydrogen-bond acceptors (Lipinski definition) is 1. The maximum absolute atomic E-state index is 10.8. The van der Waals surface area contributed by atoms with Crippen molar-refractivity contribution in [1.29, 1.82) is 0 Å². The van der Waals surface area contributed by atoms with E-state index < -0.39 is 5.24 Å². The Bertz CT molecular complexity index is 338. The first-order valence-electron chi connectivity index (χ1n) is 2.87. The highest BCUT2D eigenvalue weighted by molar-refractivity contribution is 9.10. The molecule has 0 aliphatic heterocycles. The lowest BCUT2D eigenvalue weighted by Crippen LogP contribution is -1.92. The van der Waals surface area contributed by atoms with E-state index in [0.29, 0.717) is 9.50 Å². The van der Waals surface area contributed by atoms with Crippen LogP contribution < -0.4 is 0 Å². The molecule has 1 aromatic carbocycles. The lowest BCUT2D eigenvalue weighted by molar-refractivity contribution is 0.108. The summed E-state index contributed by atoms with van der Waals surface area (Å²) in [5.41, 5.74) is 0.200. The summed E-state index contributed by atoms with van der Waals surface area (Å²) in [5.74, 6) is 0. The molecular formula is C7H2BrCl3O. The van der Waals surface area contributed by atoms with E-state index in [-0.39, 0.29) is 10.6 Å². The maximum Gasteiger partial charge on any atom is 0.255 e. The van der Waals surface area contributed by atoms with Gasteiger partial charge in [0.1, 0.15) is 0 Å². The van der Waals surface area contributed by atoms with Crippen molar-refractivity contribution in [3.8, 4) is 0 Å². The highest BCUT2D eigenvalue weighted by atomic mass is 79.9. The molecule has 0 unspecified atom stereocenters. The van der Waals surface area contributed by atoms with E-state index in [1.807, 2.05) is 0 Å². The Hall–Kier alpha value is 0.240. The first-order chi connectivity index (χ1) is 5.54. The Morgan fingerprint density at radius 2 is 1.92 bits per heavy atom. The van der Waals surface area contributed by atoms with Crippen molar-refractivity contribution in [2.24, 2.45) is 0 Å². The predicted molar refractivity (Wildman–Crippen MR) is 54.3 cm³/mol. The summed E-state index contributed by atoms with van der Waals surface area (Å²) in [5, 5.41) is -0.149. The minimum absolute atomic E-state index is 0.172. The Labute approximate surface area is 92.7 Å². The molecule has 0 aliphatic rings. The zero-order valence-corrected chi connectivity index (χ0v) is 9.43. The van der Waals surface area contributed by atoms with Crippen molar-refractivity contribution in [3.05, 3.63) is 32.2 Å². The summed E-state index contributed by atoms with van der Waals surface area (Å²) in [4.78, 5) is 10.8. The van der Waals surface area contributed by atoms with Crippen LogP contribution in [-0.4, -0.2) is 5.24 Å². The van der Waals surface area contributed by atoms with Crippen LogP contribution in [0.3, 0.4) is 0 Å². The van der Waals surface area contributed by atoms with E-state index in [4.69, 9.17) is 34.8 Å². The fourth-order valence-corrected chi connectivity index (χ4v) is 2.10. The van der Waals surface area contributed by atoms with Gasteiger partial charge in [0.15, 0.2) is 0 Å². The fraction of sp³-hybridized carbons (Fsp3) is 0. The minimum Gasteiger partial charge on any atom is -0.276 e. The molecule has 1 nitrogen and oxygen atoms in total. The molecule has 0 bridgehead atoms. The third-order valence-corrected chi connectivity index (χ3v) is 2.89. The van der Waals surface area contributed by atoms with E-state index >= 15 is 0 Å². The standard InChI is InChI=1S/C7H2BrCl3O/c8-3-1-2-4(9)6(10)5(3)7(11)12/h1-2H. The normalized spacial score (nSPS) is 10.0. The molecule has 0 saturated carbocycles. The second-order valence-electron chi connectivity index (χ2n) is 1.99. The molecule has 1 aromatic rings. The number of carbonyl (C=O) groups is 1. The second-order valence-corrected chi connectivity index (χ2v) is 3.97.